The molecule has 1 atom stereocenters. The van der Waals surface area contributed by atoms with Gasteiger partial charge in [0.25, 0.3) is 0 Å². The molecule has 1 fully saturated rings. The smallest absolute Gasteiger partial charge is 0.226 e. The molecule has 0 heterocycles. The molecule has 0 aromatic heterocycles. The van der Waals surface area contributed by atoms with Crippen molar-refractivity contribution in [3.05, 3.63) is 0 Å². The first-order valence-corrected chi connectivity index (χ1v) is 5.41. The molecule has 0 aliphatic heterocycles. The number of carbonyl (C=O) groups is 1. The minimum absolute atomic E-state index is 0.233. The SMILES string of the molecule is CCN(CCCl)C(=O)C1CC1(C)C. The number of hydrogen-bond acceptors (Lipinski definition) is 1. The molecule has 0 saturated heterocycles. The first kappa shape index (κ1) is 10.8. The Morgan fingerprint density at radius 3 is 2.46 bits per heavy atom. The Balaban J connectivity index is 2.46. The van der Waals surface area contributed by atoms with Gasteiger partial charge < -0.3 is 4.90 Å². The number of nitrogens with zero attached hydrogens (tertiary/aromatic N) is 1. The predicted molar refractivity (Wildman–Crippen MR) is 54.9 cm³/mol. The van der Waals surface area contributed by atoms with E-state index < -0.39 is 0 Å². The number of halogens is 1. The molecule has 13 heavy (non-hydrogen) atoms. The predicted octanol–water partition coefficient (Wildman–Crippen LogP) is 2.12. The average molecular weight is 204 g/mol. The maximum Gasteiger partial charge on any atom is 0.226 e. The molecule has 0 radical (unpaired) electrons. The zero-order valence-electron chi connectivity index (χ0n) is 8.64. The molecule has 1 rings (SSSR count). The van der Waals surface area contributed by atoms with E-state index in [4.69, 9.17) is 11.6 Å². The molecule has 1 aliphatic rings. The summed E-state index contributed by atoms with van der Waals surface area (Å²) >= 11 is 5.62. The molecule has 0 N–H and O–H groups in total. The fraction of sp³-hybridized carbons (Fsp3) is 0.900. The number of amides is 1. The van der Waals surface area contributed by atoms with Crippen molar-refractivity contribution in [3.63, 3.8) is 0 Å². The highest BCUT2D eigenvalue weighted by atomic mass is 35.5. The number of alkyl halides is 1. The summed E-state index contributed by atoms with van der Waals surface area (Å²) in [6, 6.07) is 0. The molecule has 1 aliphatic carbocycles. The van der Waals surface area contributed by atoms with Gasteiger partial charge in [-0.2, -0.15) is 0 Å². The molecule has 0 spiro atoms. The summed E-state index contributed by atoms with van der Waals surface area (Å²) in [7, 11) is 0. The van der Waals surface area contributed by atoms with Crippen LogP contribution >= 0.6 is 11.6 Å². The largest absolute Gasteiger partial charge is 0.342 e. The molecular formula is C10H18ClNO. The minimum Gasteiger partial charge on any atom is -0.342 e. The molecule has 1 saturated carbocycles. The lowest BCUT2D eigenvalue weighted by Crippen LogP contribution is -2.34. The lowest BCUT2D eigenvalue weighted by Gasteiger charge is -2.20. The van der Waals surface area contributed by atoms with Crippen molar-refractivity contribution in [2.24, 2.45) is 11.3 Å². The Kier molecular flexibility index (Phi) is 3.23. The normalized spacial score (nSPS) is 24.2. The second kappa shape index (κ2) is 3.87. The van der Waals surface area contributed by atoms with Crippen LogP contribution in [0.1, 0.15) is 27.2 Å². The van der Waals surface area contributed by atoms with Gasteiger partial charge in [-0.05, 0) is 18.8 Å². The van der Waals surface area contributed by atoms with Crippen LogP contribution < -0.4 is 0 Å². The van der Waals surface area contributed by atoms with Crippen molar-refractivity contribution in [1.29, 1.82) is 0 Å². The zero-order valence-corrected chi connectivity index (χ0v) is 9.40. The summed E-state index contributed by atoms with van der Waals surface area (Å²) in [5, 5.41) is 0. The molecule has 1 amide bonds. The number of rotatable bonds is 4. The van der Waals surface area contributed by atoms with Gasteiger partial charge in [0.15, 0.2) is 0 Å². The van der Waals surface area contributed by atoms with Gasteiger partial charge in [-0.15, -0.1) is 11.6 Å². The summed E-state index contributed by atoms with van der Waals surface area (Å²) in [4.78, 5) is 13.7. The van der Waals surface area contributed by atoms with Gasteiger partial charge in [0.05, 0.1) is 0 Å². The van der Waals surface area contributed by atoms with E-state index in [1.54, 1.807) is 0 Å². The van der Waals surface area contributed by atoms with Crippen molar-refractivity contribution in [2.45, 2.75) is 27.2 Å². The number of carbonyl (C=O) groups excluding carboxylic acids is 1. The van der Waals surface area contributed by atoms with Gasteiger partial charge in [-0.25, -0.2) is 0 Å². The fourth-order valence-corrected chi connectivity index (χ4v) is 1.84. The summed E-state index contributed by atoms with van der Waals surface area (Å²) in [5.41, 5.74) is 0.233. The lowest BCUT2D eigenvalue weighted by atomic mass is 10.1. The number of hydrogen-bond donors (Lipinski definition) is 0. The highest BCUT2D eigenvalue weighted by Crippen LogP contribution is 2.52. The maximum absolute atomic E-state index is 11.8. The van der Waals surface area contributed by atoms with E-state index in [1.165, 1.54) is 0 Å². The average Bonchev–Trinajstić information content (AvgIpc) is 2.70. The highest BCUT2D eigenvalue weighted by molar-refractivity contribution is 6.18. The summed E-state index contributed by atoms with van der Waals surface area (Å²) in [6.07, 6.45) is 1.03. The van der Waals surface area contributed by atoms with E-state index in [0.717, 1.165) is 13.0 Å². The van der Waals surface area contributed by atoms with Crippen LogP contribution in [0.25, 0.3) is 0 Å². The van der Waals surface area contributed by atoms with Crippen molar-refractivity contribution in [3.8, 4) is 0 Å². The molecule has 0 bridgehead atoms. The molecule has 2 nitrogen and oxygen atoms in total. The van der Waals surface area contributed by atoms with E-state index in [2.05, 4.69) is 13.8 Å². The van der Waals surface area contributed by atoms with Crippen LogP contribution in [-0.4, -0.2) is 29.8 Å². The van der Waals surface area contributed by atoms with E-state index in [0.29, 0.717) is 12.4 Å². The summed E-state index contributed by atoms with van der Waals surface area (Å²) in [5.74, 6) is 1.07. The molecule has 76 valence electrons. The van der Waals surface area contributed by atoms with Gasteiger partial charge in [0, 0.05) is 24.9 Å². The quantitative estimate of drug-likeness (QED) is 0.641. The Morgan fingerprint density at radius 1 is 1.62 bits per heavy atom. The Morgan fingerprint density at radius 2 is 2.15 bits per heavy atom. The van der Waals surface area contributed by atoms with Gasteiger partial charge in [0.1, 0.15) is 0 Å². The lowest BCUT2D eigenvalue weighted by molar-refractivity contribution is -0.132. The molecular weight excluding hydrogens is 186 g/mol. The minimum atomic E-state index is 0.233. The van der Waals surface area contributed by atoms with Crippen molar-refractivity contribution < 1.29 is 4.79 Å². The Bertz CT molecular complexity index is 203. The second-order valence-electron chi connectivity index (χ2n) is 4.35. The molecule has 1 unspecified atom stereocenters. The zero-order chi connectivity index (χ0) is 10.1. The van der Waals surface area contributed by atoms with Crippen molar-refractivity contribution >= 4 is 17.5 Å². The third-order valence-corrected chi connectivity index (χ3v) is 3.03. The topological polar surface area (TPSA) is 20.3 Å². The Labute approximate surface area is 85.2 Å². The summed E-state index contributed by atoms with van der Waals surface area (Å²) in [6.45, 7) is 7.75. The van der Waals surface area contributed by atoms with Gasteiger partial charge in [0.2, 0.25) is 5.91 Å². The van der Waals surface area contributed by atoms with E-state index in [-0.39, 0.29) is 17.2 Å². The first-order chi connectivity index (χ1) is 6.03. The Hall–Kier alpha value is -0.240. The third kappa shape index (κ3) is 2.37. The van der Waals surface area contributed by atoms with E-state index >= 15 is 0 Å². The first-order valence-electron chi connectivity index (χ1n) is 4.87. The van der Waals surface area contributed by atoms with Gasteiger partial charge in [-0.3, -0.25) is 4.79 Å². The second-order valence-corrected chi connectivity index (χ2v) is 4.73. The summed E-state index contributed by atoms with van der Waals surface area (Å²) < 4.78 is 0. The molecule has 0 aromatic rings. The van der Waals surface area contributed by atoms with Crippen LogP contribution in [0, 0.1) is 11.3 Å². The van der Waals surface area contributed by atoms with Crippen LogP contribution in [-0.2, 0) is 4.79 Å². The molecule has 0 aromatic carbocycles. The van der Waals surface area contributed by atoms with Gasteiger partial charge >= 0.3 is 0 Å². The van der Waals surface area contributed by atoms with Crippen molar-refractivity contribution in [2.75, 3.05) is 19.0 Å². The van der Waals surface area contributed by atoms with Crippen LogP contribution in [0.3, 0.4) is 0 Å². The van der Waals surface area contributed by atoms with Crippen molar-refractivity contribution in [1.82, 2.24) is 4.90 Å². The van der Waals surface area contributed by atoms with Crippen LogP contribution in [0.15, 0.2) is 0 Å². The monoisotopic (exact) mass is 203 g/mol. The maximum atomic E-state index is 11.8. The standard InChI is InChI=1S/C10H18ClNO/c1-4-12(6-5-11)9(13)8-7-10(8,2)3/h8H,4-7H2,1-3H3. The van der Waals surface area contributed by atoms with E-state index in [1.807, 2.05) is 11.8 Å². The highest BCUT2D eigenvalue weighted by Gasteiger charge is 2.51. The van der Waals surface area contributed by atoms with Crippen LogP contribution in [0.4, 0.5) is 0 Å². The van der Waals surface area contributed by atoms with Crippen LogP contribution in [0.2, 0.25) is 0 Å². The third-order valence-electron chi connectivity index (χ3n) is 2.86. The molecule has 3 heteroatoms. The van der Waals surface area contributed by atoms with Crippen LogP contribution in [0.5, 0.6) is 0 Å². The van der Waals surface area contributed by atoms with E-state index in [9.17, 15) is 4.79 Å². The van der Waals surface area contributed by atoms with Gasteiger partial charge in [-0.1, -0.05) is 13.8 Å². The fourth-order valence-electron chi connectivity index (χ4n) is 1.64.